The molecule has 2 unspecified atom stereocenters. The van der Waals surface area contributed by atoms with E-state index in [4.69, 9.17) is 4.98 Å². The van der Waals surface area contributed by atoms with Crippen LogP contribution in [0, 0.1) is 6.92 Å². The van der Waals surface area contributed by atoms with E-state index in [0.29, 0.717) is 5.13 Å². The van der Waals surface area contributed by atoms with Crippen molar-refractivity contribution in [1.29, 1.82) is 0 Å². The van der Waals surface area contributed by atoms with Crippen molar-refractivity contribution in [2.75, 3.05) is 4.90 Å². The fourth-order valence-electron chi connectivity index (χ4n) is 4.51. The summed E-state index contributed by atoms with van der Waals surface area (Å²) >= 11 is 2.95. The molecule has 0 saturated carbocycles. The Kier molecular flexibility index (Phi) is 5.78. The number of nitrogens with zero attached hydrogens (tertiary/aromatic N) is 2. The summed E-state index contributed by atoms with van der Waals surface area (Å²) in [7, 11) is 0. The van der Waals surface area contributed by atoms with E-state index in [0.717, 1.165) is 38.7 Å². The lowest BCUT2D eigenvalue weighted by atomic mass is 9.95. The highest BCUT2D eigenvalue weighted by Gasteiger charge is 2.42. The summed E-state index contributed by atoms with van der Waals surface area (Å²) in [5.41, 5.74) is 4.26. The third-order valence-corrected chi connectivity index (χ3v) is 8.47. The first-order valence-corrected chi connectivity index (χ1v) is 13.1. The number of carbonyl (C=O) groups is 1. The number of thiazole rings is 1. The van der Waals surface area contributed by atoms with Crippen molar-refractivity contribution >= 4 is 44.9 Å². The van der Waals surface area contributed by atoms with Gasteiger partial charge in [0.05, 0.1) is 10.9 Å². The maximum absolute atomic E-state index is 13.3. The number of hydrogen-bond donors (Lipinski definition) is 2. The Labute approximate surface area is 207 Å². The number of phenolic OH excluding ortho intramolecular Hbond substituents is 2. The van der Waals surface area contributed by atoms with E-state index in [1.54, 1.807) is 17.0 Å². The summed E-state index contributed by atoms with van der Waals surface area (Å²) in [5.74, 6) is 0.621. The molecular formula is C27H26N2O3S2. The van der Waals surface area contributed by atoms with Crippen molar-refractivity contribution in [3.05, 3.63) is 70.6 Å². The molecule has 1 saturated heterocycles. The molecule has 0 radical (unpaired) electrons. The summed E-state index contributed by atoms with van der Waals surface area (Å²) in [6.45, 7) is 7.94. The largest absolute Gasteiger partial charge is 0.508 e. The van der Waals surface area contributed by atoms with Crippen LogP contribution in [0.2, 0.25) is 0 Å². The van der Waals surface area contributed by atoms with Gasteiger partial charge in [0.1, 0.15) is 16.9 Å². The Morgan fingerprint density at radius 3 is 2.59 bits per heavy atom. The lowest BCUT2D eigenvalue weighted by Gasteiger charge is -2.23. The molecule has 3 aromatic carbocycles. The van der Waals surface area contributed by atoms with Crippen LogP contribution in [0.5, 0.6) is 11.5 Å². The van der Waals surface area contributed by atoms with Gasteiger partial charge in [0.15, 0.2) is 5.13 Å². The molecule has 1 aromatic heterocycles. The van der Waals surface area contributed by atoms with Gasteiger partial charge in [0.2, 0.25) is 5.91 Å². The highest BCUT2D eigenvalue weighted by atomic mass is 32.2. The molecule has 4 aromatic rings. The Bertz CT molecular complexity index is 1410. The molecule has 174 valence electrons. The molecule has 1 aliphatic heterocycles. The molecule has 0 bridgehead atoms. The fourth-order valence-corrected chi connectivity index (χ4v) is 6.75. The van der Waals surface area contributed by atoms with Crippen molar-refractivity contribution in [2.45, 2.75) is 44.2 Å². The topological polar surface area (TPSA) is 73.7 Å². The Balaban J connectivity index is 1.61. The first kappa shape index (κ1) is 22.7. The van der Waals surface area contributed by atoms with Crippen LogP contribution in [0.15, 0.2) is 53.9 Å². The second-order valence-corrected chi connectivity index (χ2v) is 11.2. The van der Waals surface area contributed by atoms with Crippen molar-refractivity contribution in [3.63, 3.8) is 0 Å². The van der Waals surface area contributed by atoms with Crippen molar-refractivity contribution in [1.82, 2.24) is 4.98 Å². The van der Waals surface area contributed by atoms with E-state index in [1.807, 2.05) is 69.5 Å². The minimum atomic E-state index is -0.375. The molecule has 1 fully saturated rings. The molecule has 5 nitrogen and oxygen atoms in total. The zero-order valence-electron chi connectivity index (χ0n) is 19.4. The van der Waals surface area contributed by atoms with Crippen LogP contribution in [0.25, 0.3) is 22.0 Å². The number of hydrogen-bond acceptors (Lipinski definition) is 6. The average molecular weight is 491 g/mol. The summed E-state index contributed by atoms with van der Waals surface area (Å²) in [6.07, 6.45) is 0. The Hall–Kier alpha value is -3.03. The lowest BCUT2D eigenvalue weighted by molar-refractivity contribution is -0.117. The zero-order chi connectivity index (χ0) is 24.1. The number of benzene rings is 3. The van der Waals surface area contributed by atoms with E-state index >= 15 is 0 Å². The van der Waals surface area contributed by atoms with Gasteiger partial charge in [-0.3, -0.25) is 9.69 Å². The van der Waals surface area contributed by atoms with Crippen molar-refractivity contribution in [2.24, 2.45) is 0 Å². The van der Waals surface area contributed by atoms with Crippen LogP contribution in [0.3, 0.4) is 0 Å². The van der Waals surface area contributed by atoms with Gasteiger partial charge < -0.3 is 10.2 Å². The number of rotatable bonds is 4. The molecule has 2 heterocycles. The maximum atomic E-state index is 13.3. The highest BCUT2D eigenvalue weighted by Crippen LogP contribution is 2.51. The van der Waals surface area contributed by atoms with E-state index in [2.05, 4.69) is 0 Å². The summed E-state index contributed by atoms with van der Waals surface area (Å²) in [5, 5.41) is 25.1. The molecule has 34 heavy (non-hydrogen) atoms. The summed E-state index contributed by atoms with van der Waals surface area (Å²) in [4.78, 5) is 19.9. The highest BCUT2D eigenvalue weighted by molar-refractivity contribution is 8.01. The van der Waals surface area contributed by atoms with Gasteiger partial charge in [-0.15, -0.1) is 23.1 Å². The molecule has 2 atom stereocenters. The monoisotopic (exact) mass is 490 g/mol. The predicted molar refractivity (Wildman–Crippen MR) is 141 cm³/mol. The third kappa shape index (κ3) is 3.73. The molecule has 0 spiro atoms. The molecule has 2 N–H and O–H groups in total. The Morgan fingerprint density at radius 2 is 1.82 bits per heavy atom. The average Bonchev–Trinajstić information content (AvgIpc) is 3.38. The number of anilines is 1. The number of aryl methyl sites for hydroxylation is 1. The molecule has 0 aliphatic carbocycles. The quantitative estimate of drug-likeness (QED) is 0.323. The predicted octanol–water partition coefficient (Wildman–Crippen LogP) is 6.97. The number of phenols is 2. The van der Waals surface area contributed by atoms with Gasteiger partial charge in [-0.2, -0.15) is 0 Å². The van der Waals surface area contributed by atoms with Crippen LogP contribution in [-0.2, 0) is 4.79 Å². The van der Waals surface area contributed by atoms with E-state index in [9.17, 15) is 15.0 Å². The number of aromatic nitrogens is 1. The van der Waals surface area contributed by atoms with Crippen LogP contribution < -0.4 is 4.90 Å². The zero-order valence-corrected chi connectivity index (χ0v) is 21.1. The van der Waals surface area contributed by atoms with E-state index in [1.165, 1.54) is 23.1 Å². The first-order valence-electron chi connectivity index (χ1n) is 11.2. The van der Waals surface area contributed by atoms with Crippen molar-refractivity contribution < 1.29 is 15.0 Å². The Morgan fingerprint density at radius 1 is 1.06 bits per heavy atom. The third-order valence-electron chi connectivity index (χ3n) is 6.32. The molecular weight excluding hydrogens is 464 g/mol. The van der Waals surface area contributed by atoms with Gasteiger partial charge in [0, 0.05) is 16.5 Å². The lowest BCUT2D eigenvalue weighted by Crippen LogP contribution is -2.30. The number of amides is 1. The van der Waals surface area contributed by atoms with Crippen molar-refractivity contribution in [3.8, 4) is 22.8 Å². The van der Waals surface area contributed by atoms with Crippen LogP contribution in [-0.4, -0.2) is 26.4 Å². The SMILES string of the molecule is Cc1cc(O)c(C(C)C)cc1-c1csc(N2C(=O)C(C)SC2c2c(O)ccc3ccccc23)n1. The molecule has 1 amide bonds. The van der Waals surface area contributed by atoms with Gasteiger partial charge in [-0.05, 0) is 59.9 Å². The molecule has 5 rings (SSSR count). The molecule has 1 aliphatic rings. The second kappa shape index (κ2) is 8.64. The number of carbonyl (C=O) groups excluding carboxylic acids is 1. The van der Waals surface area contributed by atoms with Gasteiger partial charge >= 0.3 is 0 Å². The fraction of sp³-hybridized carbons (Fsp3) is 0.259. The van der Waals surface area contributed by atoms with E-state index < -0.39 is 0 Å². The number of thioether (sulfide) groups is 1. The summed E-state index contributed by atoms with van der Waals surface area (Å²) < 4.78 is 0. The van der Waals surface area contributed by atoms with E-state index in [-0.39, 0.29) is 33.9 Å². The second-order valence-electron chi connectivity index (χ2n) is 8.95. The maximum Gasteiger partial charge on any atom is 0.242 e. The number of aromatic hydroxyl groups is 2. The normalized spacial score (nSPS) is 18.4. The van der Waals surface area contributed by atoms with Gasteiger partial charge in [0.25, 0.3) is 0 Å². The van der Waals surface area contributed by atoms with Crippen LogP contribution >= 0.6 is 23.1 Å². The van der Waals surface area contributed by atoms with Gasteiger partial charge in [-0.25, -0.2) is 4.98 Å². The molecule has 7 heteroatoms. The van der Waals surface area contributed by atoms with Gasteiger partial charge in [-0.1, -0.05) is 44.2 Å². The minimum absolute atomic E-state index is 0.0199. The summed E-state index contributed by atoms with van der Waals surface area (Å²) in [6, 6.07) is 15.3. The minimum Gasteiger partial charge on any atom is -0.508 e. The number of fused-ring (bicyclic) bond motifs is 1. The first-order chi connectivity index (χ1) is 16.3. The van der Waals surface area contributed by atoms with Crippen LogP contribution in [0.4, 0.5) is 5.13 Å². The van der Waals surface area contributed by atoms with Crippen LogP contribution in [0.1, 0.15) is 48.8 Å². The standard InChI is InChI=1S/C27H26N2O3S2/c1-14(2)19-12-20(15(3)11-23(19)31)21-13-33-27(28-21)29-25(32)16(4)34-26(29)24-18-8-6-5-7-17(18)9-10-22(24)30/h5-14,16,26,30-31H,1-4H3. The smallest absolute Gasteiger partial charge is 0.242 e.